The SMILES string of the molecule is CO/C=C(/C(=O)O)c1ccccc1COc1cc(Cl)c(OCc2ccc(Cl)cc2Cl)c(Cl)c1. The van der Waals surface area contributed by atoms with Crippen molar-refractivity contribution in [1.29, 1.82) is 0 Å². The predicted molar refractivity (Wildman–Crippen MR) is 131 cm³/mol. The molecule has 0 saturated carbocycles. The van der Waals surface area contributed by atoms with Crippen molar-refractivity contribution >= 4 is 57.9 Å². The average Bonchev–Trinajstić information content (AvgIpc) is 2.77. The lowest BCUT2D eigenvalue weighted by molar-refractivity contribution is -0.130. The van der Waals surface area contributed by atoms with Gasteiger partial charge in [0.15, 0.2) is 5.75 Å². The van der Waals surface area contributed by atoms with Gasteiger partial charge in [0.2, 0.25) is 0 Å². The summed E-state index contributed by atoms with van der Waals surface area (Å²) in [5.74, 6) is -0.435. The molecule has 3 rings (SSSR count). The Hall–Kier alpha value is -2.57. The Bertz CT molecular complexity index is 1170. The van der Waals surface area contributed by atoms with Crippen LogP contribution in [-0.4, -0.2) is 18.2 Å². The quantitative estimate of drug-likeness (QED) is 0.230. The molecule has 1 N–H and O–H groups in total. The third-order valence-corrected chi connectivity index (χ3v) is 5.68. The maximum atomic E-state index is 11.6. The van der Waals surface area contributed by atoms with Crippen molar-refractivity contribution in [3.05, 3.63) is 97.6 Å². The van der Waals surface area contributed by atoms with Crippen LogP contribution in [0.5, 0.6) is 11.5 Å². The first kappa shape index (κ1) is 25.1. The Morgan fingerprint density at radius 1 is 0.879 bits per heavy atom. The second kappa shape index (κ2) is 11.5. The minimum atomic E-state index is -1.11. The molecule has 0 aromatic heterocycles. The van der Waals surface area contributed by atoms with E-state index in [0.717, 1.165) is 5.56 Å². The van der Waals surface area contributed by atoms with Gasteiger partial charge in [-0.15, -0.1) is 0 Å². The van der Waals surface area contributed by atoms with E-state index in [-0.39, 0.29) is 34.6 Å². The highest BCUT2D eigenvalue weighted by atomic mass is 35.5. The molecule has 3 aromatic carbocycles. The van der Waals surface area contributed by atoms with Crippen LogP contribution < -0.4 is 9.47 Å². The molecule has 33 heavy (non-hydrogen) atoms. The minimum absolute atomic E-state index is 0.0115. The molecule has 0 heterocycles. The maximum absolute atomic E-state index is 11.6. The van der Waals surface area contributed by atoms with E-state index in [2.05, 4.69) is 0 Å². The molecule has 0 unspecified atom stereocenters. The molecule has 0 aliphatic heterocycles. The van der Waals surface area contributed by atoms with Crippen LogP contribution in [0.2, 0.25) is 20.1 Å². The fourth-order valence-electron chi connectivity index (χ4n) is 2.96. The first-order valence-electron chi connectivity index (χ1n) is 9.53. The number of aliphatic carboxylic acids is 1. The summed E-state index contributed by atoms with van der Waals surface area (Å²) >= 11 is 24.8. The zero-order valence-corrected chi connectivity index (χ0v) is 20.3. The number of carbonyl (C=O) groups is 1. The van der Waals surface area contributed by atoms with Crippen molar-refractivity contribution in [3.8, 4) is 11.5 Å². The normalized spacial score (nSPS) is 11.2. The van der Waals surface area contributed by atoms with Crippen molar-refractivity contribution in [2.75, 3.05) is 7.11 Å². The number of rotatable bonds is 9. The summed E-state index contributed by atoms with van der Waals surface area (Å²) in [5.41, 5.74) is 1.86. The van der Waals surface area contributed by atoms with Crippen LogP contribution in [0, 0.1) is 0 Å². The number of carboxylic acid groups (broad SMARTS) is 1. The van der Waals surface area contributed by atoms with Gasteiger partial charge in [0.1, 0.15) is 24.5 Å². The second-order valence-electron chi connectivity index (χ2n) is 6.76. The minimum Gasteiger partial charge on any atom is -0.503 e. The van der Waals surface area contributed by atoms with Crippen LogP contribution in [0.4, 0.5) is 0 Å². The van der Waals surface area contributed by atoms with Crippen molar-refractivity contribution in [3.63, 3.8) is 0 Å². The Balaban J connectivity index is 1.75. The summed E-state index contributed by atoms with van der Waals surface area (Å²) in [6.07, 6.45) is 1.17. The Morgan fingerprint density at radius 3 is 2.18 bits per heavy atom. The molecule has 0 aliphatic carbocycles. The third-order valence-electron chi connectivity index (χ3n) is 4.53. The van der Waals surface area contributed by atoms with Crippen LogP contribution in [0.3, 0.4) is 0 Å². The van der Waals surface area contributed by atoms with Crippen LogP contribution in [0.15, 0.2) is 60.9 Å². The zero-order valence-electron chi connectivity index (χ0n) is 17.3. The van der Waals surface area contributed by atoms with Crippen LogP contribution in [-0.2, 0) is 22.7 Å². The number of halogens is 4. The van der Waals surface area contributed by atoms with Gasteiger partial charge in [-0.2, -0.15) is 0 Å². The van der Waals surface area contributed by atoms with E-state index in [9.17, 15) is 9.90 Å². The fraction of sp³-hybridized carbons (Fsp3) is 0.125. The lowest BCUT2D eigenvalue weighted by atomic mass is 10.0. The molecular formula is C24H18Cl4O5. The first-order valence-corrected chi connectivity index (χ1v) is 11.0. The molecule has 5 nitrogen and oxygen atoms in total. The summed E-state index contributed by atoms with van der Waals surface area (Å²) in [5, 5.41) is 11.0. The average molecular weight is 528 g/mol. The van der Waals surface area contributed by atoms with Crippen molar-refractivity contribution in [2.24, 2.45) is 0 Å². The van der Waals surface area contributed by atoms with E-state index in [1.54, 1.807) is 54.6 Å². The number of methoxy groups -OCH3 is 1. The standard InChI is InChI=1S/C24H18Cl4O5/c1-31-13-19(24(29)30)18-5-3-2-4-14(18)11-32-17-9-21(27)23(22(28)10-17)33-12-15-6-7-16(25)8-20(15)26/h2-10,13H,11-12H2,1H3,(H,29,30)/b19-13+. The van der Waals surface area contributed by atoms with Gasteiger partial charge < -0.3 is 19.3 Å². The zero-order chi connectivity index (χ0) is 24.0. The number of hydrogen-bond acceptors (Lipinski definition) is 4. The highest BCUT2D eigenvalue weighted by Gasteiger charge is 2.16. The molecule has 0 aliphatic rings. The van der Waals surface area contributed by atoms with Gasteiger partial charge in [0, 0.05) is 27.7 Å². The third kappa shape index (κ3) is 6.49. The summed E-state index contributed by atoms with van der Waals surface area (Å²) in [4.78, 5) is 11.6. The van der Waals surface area contributed by atoms with Crippen LogP contribution >= 0.6 is 46.4 Å². The Labute approximate surface area is 211 Å². The number of ether oxygens (including phenoxy) is 3. The Morgan fingerprint density at radius 2 is 1.55 bits per heavy atom. The van der Waals surface area contributed by atoms with Gasteiger partial charge in [0.05, 0.1) is 23.4 Å². The number of hydrogen-bond donors (Lipinski definition) is 1. The van der Waals surface area contributed by atoms with Gasteiger partial charge in [-0.25, -0.2) is 4.79 Å². The number of carboxylic acids is 1. The summed E-state index contributed by atoms with van der Waals surface area (Å²) in [6.45, 7) is 0.227. The molecule has 9 heteroatoms. The number of benzene rings is 3. The van der Waals surface area contributed by atoms with Gasteiger partial charge in [-0.1, -0.05) is 76.7 Å². The van der Waals surface area contributed by atoms with Crippen molar-refractivity contribution in [2.45, 2.75) is 13.2 Å². The van der Waals surface area contributed by atoms with Crippen LogP contribution in [0.1, 0.15) is 16.7 Å². The highest BCUT2D eigenvalue weighted by Crippen LogP contribution is 2.38. The molecule has 0 fully saturated rings. The molecular weight excluding hydrogens is 510 g/mol. The van der Waals surface area contributed by atoms with Gasteiger partial charge in [-0.05, 0) is 23.3 Å². The Kier molecular flexibility index (Phi) is 8.75. The van der Waals surface area contributed by atoms with Gasteiger partial charge >= 0.3 is 5.97 Å². The fourth-order valence-corrected chi connectivity index (χ4v) is 4.00. The molecule has 0 atom stereocenters. The van der Waals surface area contributed by atoms with E-state index >= 15 is 0 Å². The topological polar surface area (TPSA) is 65.0 Å². The van der Waals surface area contributed by atoms with Crippen molar-refractivity contribution < 1.29 is 24.1 Å². The van der Waals surface area contributed by atoms with E-state index in [0.29, 0.717) is 26.9 Å². The van der Waals surface area contributed by atoms with Crippen LogP contribution in [0.25, 0.3) is 5.57 Å². The smallest absolute Gasteiger partial charge is 0.339 e. The molecule has 0 spiro atoms. The molecule has 0 bridgehead atoms. The van der Waals surface area contributed by atoms with Crippen molar-refractivity contribution in [1.82, 2.24) is 0 Å². The monoisotopic (exact) mass is 526 g/mol. The van der Waals surface area contributed by atoms with E-state index in [1.807, 2.05) is 0 Å². The molecule has 0 saturated heterocycles. The van der Waals surface area contributed by atoms with E-state index in [4.69, 9.17) is 60.6 Å². The summed E-state index contributed by atoms with van der Waals surface area (Å²) in [6, 6.07) is 15.2. The predicted octanol–water partition coefficient (Wildman–Crippen LogP) is 7.53. The second-order valence-corrected chi connectivity index (χ2v) is 8.42. The molecule has 0 amide bonds. The highest BCUT2D eigenvalue weighted by molar-refractivity contribution is 6.37. The molecule has 3 aromatic rings. The van der Waals surface area contributed by atoms with Gasteiger partial charge in [0.25, 0.3) is 0 Å². The first-order chi connectivity index (χ1) is 15.8. The van der Waals surface area contributed by atoms with E-state index in [1.165, 1.54) is 13.4 Å². The van der Waals surface area contributed by atoms with Gasteiger partial charge in [-0.3, -0.25) is 0 Å². The lowest BCUT2D eigenvalue weighted by Gasteiger charge is -2.15. The maximum Gasteiger partial charge on any atom is 0.339 e. The molecule has 0 radical (unpaired) electrons. The summed E-state index contributed by atoms with van der Waals surface area (Å²) in [7, 11) is 1.39. The molecule has 172 valence electrons. The summed E-state index contributed by atoms with van der Waals surface area (Å²) < 4.78 is 16.5. The lowest BCUT2D eigenvalue weighted by Crippen LogP contribution is -2.06. The largest absolute Gasteiger partial charge is 0.503 e. The van der Waals surface area contributed by atoms with E-state index < -0.39 is 5.97 Å².